The van der Waals surface area contributed by atoms with Crippen molar-refractivity contribution in [3.8, 4) is 5.75 Å². The van der Waals surface area contributed by atoms with Gasteiger partial charge in [-0.3, -0.25) is 9.59 Å². The fourth-order valence-corrected chi connectivity index (χ4v) is 2.11. The molecule has 0 radical (unpaired) electrons. The number of carboxylic acids is 1. The lowest BCUT2D eigenvalue weighted by Crippen LogP contribution is -2.46. The van der Waals surface area contributed by atoms with Crippen molar-refractivity contribution < 1.29 is 19.4 Å². The largest absolute Gasteiger partial charge is 0.502 e. The predicted molar refractivity (Wildman–Crippen MR) is 67.6 cm³/mol. The third-order valence-electron chi connectivity index (χ3n) is 2.47. The van der Waals surface area contributed by atoms with Gasteiger partial charge in [0.25, 0.3) is 0 Å². The van der Waals surface area contributed by atoms with E-state index in [-0.39, 0.29) is 0 Å². The first-order chi connectivity index (χ1) is 8.24. The minimum absolute atomic E-state index is 0.295. The van der Waals surface area contributed by atoms with Gasteiger partial charge in [0.1, 0.15) is 18.1 Å². The standard InChI is InChI=1S/C11H15NO5S/c1-11(2,9(12)10(15)16)18-5-6-3-7(13)8(14)4-17-6/h3-4,9,14H,5,12H2,1-2H3,(H,15,16)/t9-/m1/s1. The van der Waals surface area contributed by atoms with Crippen molar-refractivity contribution in [2.24, 2.45) is 5.73 Å². The Morgan fingerprint density at radius 3 is 2.72 bits per heavy atom. The number of aromatic hydroxyl groups is 1. The summed E-state index contributed by atoms with van der Waals surface area (Å²) in [6.07, 6.45) is 0.961. The van der Waals surface area contributed by atoms with E-state index in [9.17, 15) is 9.59 Å². The summed E-state index contributed by atoms with van der Waals surface area (Å²) in [5.41, 5.74) is 5.03. The minimum atomic E-state index is -1.08. The highest BCUT2D eigenvalue weighted by Gasteiger charge is 2.32. The predicted octanol–water partition coefficient (Wildman–Crippen LogP) is 0.769. The van der Waals surface area contributed by atoms with Crippen LogP contribution in [-0.4, -0.2) is 27.0 Å². The zero-order valence-corrected chi connectivity index (χ0v) is 10.9. The molecule has 0 aliphatic heterocycles. The van der Waals surface area contributed by atoms with Crippen LogP contribution in [0.3, 0.4) is 0 Å². The van der Waals surface area contributed by atoms with Crippen LogP contribution in [0.25, 0.3) is 0 Å². The number of aliphatic carboxylic acids is 1. The van der Waals surface area contributed by atoms with E-state index in [1.165, 1.54) is 17.8 Å². The van der Waals surface area contributed by atoms with Gasteiger partial charge in [0, 0.05) is 10.8 Å². The second-order valence-electron chi connectivity index (χ2n) is 4.30. The van der Waals surface area contributed by atoms with E-state index in [1.54, 1.807) is 13.8 Å². The zero-order valence-electron chi connectivity index (χ0n) is 10.0. The number of rotatable bonds is 5. The van der Waals surface area contributed by atoms with Gasteiger partial charge in [-0.1, -0.05) is 0 Å². The molecule has 0 saturated carbocycles. The molecule has 0 amide bonds. The summed E-state index contributed by atoms with van der Waals surface area (Å²) in [6.45, 7) is 3.41. The Balaban J connectivity index is 2.72. The van der Waals surface area contributed by atoms with Crippen LogP contribution in [0.15, 0.2) is 21.5 Å². The van der Waals surface area contributed by atoms with Crippen molar-refractivity contribution in [2.75, 3.05) is 0 Å². The number of hydrogen-bond acceptors (Lipinski definition) is 6. The van der Waals surface area contributed by atoms with E-state index >= 15 is 0 Å². The molecule has 4 N–H and O–H groups in total. The quantitative estimate of drug-likeness (QED) is 0.726. The Kier molecular flexibility index (Phi) is 4.42. The van der Waals surface area contributed by atoms with Gasteiger partial charge >= 0.3 is 5.97 Å². The van der Waals surface area contributed by atoms with E-state index in [1.807, 2.05) is 0 Å². The van der Waals surface area contributed by atoms with Crippen LogP contribution in [0.1, 0.15) is 19.6 Å². The average molecular weight is 273 g/mol. The minimum Gasteiger partial charge on any atom is -0.502 e. The maximum Gasteiger partial charge on any atom is 0.321 e. The highest BCUT2D eigenvalue weighted by molar-refractivity contribution is 7.99. The van der Waals surface area contributed by atoms with Gasteiger partial charge in [0.2, 0.25) is 5.43 Å². The molecule has 0 aromatic carbocycles. The van der Waals surface area contributed by atoms with Gasteiger partial charge in [0.05, 0.1) is 5.75 Å². The lowest BCUT2D eigenvalue weighted by atomic mass is 10.1. The molecule has 0 aliphatic carbocycles. The molecule has 6 nitrogen and oxygen atoms in total. The molecule has 100 valence electrons. The monoisotopic (exact) mass is 273 g/mol. The SMILES string of the molecule is CC(C)(SCc1cc(=O)c(O)co1)[C@H](N)C(=O)O. The lowest BCUT2D eigenvalue weighted by Gasteiger charge is -2.27. The Hall–Kier alpha value is -1.47. The fourth-order valence-electron chi connectivity index (χ4n) is 1.16. The van der Waals surface area contributed by atoms with Crippen molar-refractivity contribution in [2.45, 2.75) is 30.4 Å². The normalized spacial score (nSPS) is 13.3. The summed E-state index contributed by atoms with van der Waals surface area (Å²) >= 11 is 1.26. The summed E-state index contributed by atoms with van der Waals surface area (Å²) in [5, 5.41) is 17.9. The second kappa shape index (κ2) is 5.45. The Morgan fingerprint density at radius 1 is 1.61 bits per heavy atom. The smallest absolute Gasteiger partial charge is 0.321 e. The van der Waals surface area contributed by atoms with Crippen LogP contribution in [0.5, 0.6) is 5.75 Å². The van der Waals surface area contributed by atoms with Gasteiger partial charge in [-0.15, -0.1) is 11.8 Å². The van der Waals surface area contributed by atoms with E-state index < -0.39 is 27.9 Å². The third kappa shape index (κ3) is 3.51. The van der Waals surface area contributed by atoms with Gasteiger partial charge in [-0.25, -0.2) is 0 Å². The number of carboxylic acid groups (broad SMARTS) is 1. The first-order valence-corrected chi connectivity index (χ1v) is 6.15. The molecule has 0 bridgehead atoms. The van der Waals surface area contributed by atoms with Crippen molar-refractivity contribution in [1.82, 2.24) is 0 Å². The maximum absolute atomic E-state index is 11.2. The van der Waals surface area contributed by atoms with Crippen molar-refractivity contribution in [1.29, 1.82) is 0 Å². The molecular weight excluding hydrogens is 258 g/mol. The molecule has 1 aromatic rings. The molecule has 1 atom stereocenters. The van der Waals surface area contributed by atoms with Crippen LogP contribution in [0, 0.1) is 0 Å². The summed E-state index contributed by atoms with van der Waals surface area (Å²) < 4.78 is 4.31. The van der Waals surface area contributed by atoms with Gasteiger partial charge in [-0.2, -0.15) is 0 Å². The lowest BCUT2D eigenvalue weighted by molar-refractivity contribution is -0.139. The second-order valence-corrected chi connectivity index (χ2v) is 5.93. The molecule has 0 saturated heterocycles. The first kappa shape index (κ1) is 14.6. The first-order valence-electron chi connectivity index (χ1n) is 5.17. The molecule has 1 aromatic heterocycles. The van der Waals surface area contributed by atoms with Crippen molar-refractivity contribution in [3.63, 3.8) is 0 Å². The third-order valence-corrected chi connectivity index (χ3v) is 3.89. The maximum atomic E-state index is 11.2. The van der Waals surface area contributed by atoms with Crippen LogP contribution >= 0.6 is 11.8 Å². The summed E-state index contributed by atoms with van der Waals surface area (Å²) in [7, 11) is 0. The summed E-state index contributed by atoms with van der Waals surface area (Å²) in [4.78, 5) is 22.0. The van der Waals surface area contributed by atoms with Crippen LogP contribution in [0.2, 0.25) is 0 Å². The Morgan fingerprint density at radius 2 is 2.22 bits per heavy atom. The molecule has 0 fully saturated rings. The van der Waals surface area contributed by atoms with Crippen molar-refractivity contribution >= 4 is 17.7 Å². The molecule has 1 rings (SSSR count). The molecule has 18 heavy (non-hydrogen) atoms. The fraction of sp³-hybridized carbons (Fsp3) is 0.455. The molecular formula is C11H15NO5S. The van der Waals surface area contributed by atoms with Crippen LogP contribution in [0.4, 0.5) is 0 Å². The van der Waals surface area contributed by atoms with Gasteiger partial charge in [0.15, 0.2) is 5.75 Å². The van der Waals surface area contributed by atoms with Gasteiger partial charge in [-0.05, 0) is 13.8 Å². The number of hydrogen-bond donors (Lipinski definition) is 3. The topological polar surface area (TPSA) is 114 Å². The number of nitrogens with two attached hydrogens (primary N) is 1. The van der Waals surface area contributed by atoms with E-state index in [0.717, 1.165) is 6.26 Å². The molecule has 0 aliphatic rings. The molecule has 7 heteroatoms. The highest BCUT2D eigenvalue weighted by atomic mass is 32.2. The zero-order chi connectivity index (χ0) is 13.9. The molecule has 1 heterocycles. The van der Waals surface area contributed by atoms with Crippen molar-refractivity contribution in [3.05, 3.63) is 28.3 Å². The average Bonchev–Trinajstić information content (AvgIpc) is 2.29. The Bertz CT molecular complexity index is 496. The van der Waals surface area contributed by atoms with E-state index in [2.05, 4.69) is 0 Å². The van der Waals surface area contributed by atoms with Crippen LogP contribution in [-0.2, 0) is 10.5 Å². The summed E-state index contributed by atoms with van der Waals surface area (Å²) in [6, 6.07) is 0.149. The van der Waals surface area contributed by atoms with E-state index in [4.69, 9.17) is 20.4 Å². The Labute approximate surface area is 108 Å². The number of carbonyl (C=O) groups is 1. The van der Waals surface area contributed by atoms with Crippen LogP contribution < -0.4 is 11.2 Å². The number of thioether (sulfide) groups is 1. The molecule has 0 unspecified atom stereocenters. The summed E-state index contributed by atoms with van der Waals surface area (Å²) in [5.74, 6) is -0.887. The van der Waals surface area contributed by atoms with Gasteiger partial charge < -0.3 is 20.4 Å². The molecule has 0 spiro atoms. The van der Waals surface area contributed by atoms with E-state index in [0.29, 0.717) is 11.5 Å². The highest BCUT2D eigenvalue weighted by Crippen LogP contribution is 2.30.